The smallest absolute Gasteiger partial charge is 0.162 e. The third-order valence-corrected chi connectivity index (χ3v) is 3.64. The second-order valence-corrected chi connectivity index (χ2v) is 4.72. The molecule has 1 fully saturated rings. The number of nitrogens with zero attached hydrogens (tertiary/aromatic N) is 3. The number of ether oxygens (including phenoxy) is 1. The van der Waals surface area contributed by atoms with Crippen LogP contribution in [0.25, 0.3) is 0 Å². The van der Waals surface area contributed by atoms with Gasteiger partial charge >= 0.3 is 0 Å². The van der Waals surface area contributed by atoms with Crippen molar-refractivity contribution >= 4 is 0 Å². The van der Waals surface area contributed by atoms with Crippen molar-refractivity contribution in [2.24, 2.45) is 11.7 Å². The van der Waals surface area contributed by atoms with Gasteiger partial charge in [0.15, 0.2) is 5.82 Å². The molecule has 0 amide bonds. The molecule has 0 radical (unpaired) electrons. The summed E-state index contributed by atoms with van der Waals surface area (Å²) in [7, 11) is 0. The van der Waals surface area contributed by atoms with Gasteiger partial charge in [-0.25, -0.2) is 0 Å². The summed E-state index contributed by atoms with van der Waals surface area (Å²) in [5, 5.41) is 8.57. The Labute approximate surface area is 95.0 Å². The number of nitrogens with two attached hydrogens (primary N) is 1. The van der Waals surface area contributed by atoms with Gasteiger partial charge in [0, 0.05) is 19.6 Å². The van der Waals surface area contributed by atoms with Crippen LogP contribution in [0.5, 0.6) is 0 Å². The lowest BCUT2D eigenvalue weighted by Crippen LogP contribution is -2.26. The molecule has 0 spiro atoms. The molecule has 5 heteroatoms. The van der Waals surface area contributed by atoms with Gasteiger partial charge in [-0.3, -0.25) is 0 Å². The summed E-state index contributed by atoms with van der Waals surface area (Å²) in [5.74, 6) is 2.70. The average molecular weight is 222 g/mol. The van der Waals surface area contributed by atoms with Gasteiger partial charge in [-0.1, -0.05) is 0 Å². The van der Waals surface area contributed by atoms with Crippen LogP contribution in [0, 0.1) is 5.92 Å². The molecule has 1 saturated heterocycles. The lowest BCUT2D eigenvalue weighted by atomic mass is 9.98. The standard InChI is InChI=1S/C11H18N4O/c12-7-8-3-4-15-10(6-8)13-14-11(15)9-2-1-5-16-9/h8-9H,1-7,12H2. The summed E-state index contributed by atoms with van der Waals surface area (Å²) in [6, 6.07) is 0. The van der Waals surface area contributed by atoms with Crippen LogP contribution in [0.4, 0.5) is 0 Å². The quantitative estimate of drug-likeness (QED) is 0.798. The van der Waals surface area contributed by atoms with E-state index in [1.165, 1.54) is 0 Å². The number of hydrogen-bond acceptors (Lipinski definition) is 4. The van der Waals surface area contributed by atoms with Crippen molar-refractivity contribution in [2.75, 3.05) is 13.2 Å². The van der Waals surface area contributed by atoms with E-state index in [1.54, 1.807) is 0 Å². The maximum absolute atomic E-state index is 5.71. The van der Waals surface area contributed by atoms with Crippen LogP contribution in [-0.4, -0.2) is 27.9 Å². The molecule has 0 aromatic carbocycles. The molecular formula is C11H18N4O. The highest BCUT2D eigenvalue weighted by Gasteiger charge is 2.28. The highest BCUT2D eigenvalue weighted by Crippen LogP contribution is 2.30. The SMILES string of the molecule is NCC1CCn2c(nnc2C2CCCO2)C1. The first-order chi connectivity index (χ1) is 7.88. The molecular weight excluding hydrogens is 204 g/mol. The Kier molecular flexibility index (Phi) is 2.65. The summed E-state index contributed by atoms with van der Waals surface area (Å²) >= 11 is 0. The van der Waals surface area contributed by atoms with Crippen molar-refractivity contribution in [3.63, 3.8) is 0 Å². The molecule has 0 saturated carbocycles. The van der Waals surface area contributed by atoms with E-state index in [-0.39, 0.29) is 6.10 Å². The van der Waals surface area contributed by atoms with Gasteiger partial charge in [0.25, 0.3) is 0 Å². The Bertz CT molecular complexity index is 370. The number of fused-ring (bicyclic) bond motifs is 1. The van der Waals surface area contributed by atoms with E-state index in [1.807, 2.05) is 0 Å². The molecule has 2 unspecified atom stereocenters. The molecule has 2 aliphatic rings. The second-order valence-electron chi connectivity index (χ2n) is 4.72. The van der Waals surface area contributed by atoms with Crippen molar-refractivity contribution < 1.29 is 4.74 Å². The van der Waals surface area contributed by atoms with Gasteiger partial charge in [-0.15, -0.1) is 10.2 Å². The van der Waals surface area contributed by atoms with Crippen molar-refractivity contribution in [1.29, 1.82) is 0 Å². The predicted octanol–water partition coefficient (Wildman–Crippen LogP) is 0.651. The molecule has 1 aromatic heterocycles. The van der Waals surface area contributed by atoms with Crippen LogP contribution in [0.1, 0.15) is 37.0 Å². The van der Waals surface area contributed by atoms with E-state index >= 15 is 0 Å². The second kappa shape index (κ2) is 4.14. The maximum atomic E-state index is 5.71. The Morgan fingerprint density at radius 3 is 3.06 bits per heavy atom. The van der Waals surface area contributed by atoms with Crippen molar-refractivity contribution in [3.8, 4) is 0 Å². The fourth-order valence-corrected chi connectivity index (χ4v) is 2.64. The van der Waals surface area contributed by atoms with Crippen LogP contribution in [-0.2, 0) is 17.7 Å². The summed E-state index contributed by atoms with van der Waals surface area (Å²) in [6.45, 7) is 2.61. The van der Waals surface area contributed by atoms with Crippen molar-refractivity contribution in [3.05, 3.63) is 11.6 Å². The topological polar surface area (TPSA) is 66.0 Å². The lowest BCUT2D eigenvalue weighted by molar-refractivity contribution is 0.100. The molecule has 2 aliphatic heterocycles. The fraction of sp³-hybridized carbons (Fsp3) is 0.818. The van der Waals surface area contributed by atoms with Gasteiger partial charge in [0.2, 0.25) is 0 Å². The highest BCUT2D eigenvalue weighted by molar-refractivity contribution is 5.04. The van der Waals surface area contributed by atoms with E-state index in [4.69, 9.17) is 10.5 Å². The molecule has 2 N–H and O–H groups in total. The highest BCUT2D eigenvalue weighted by atomic mass is 16.5. The minimum Gasteiger partial charge on any atom is -0.370 e. The first-order valence-corrected chi connectivity index (χ1v) is 6.12. The summed E-state index contributed by atoms with van der Waals surface area (Å²) in [4.78, 5) is 0. The third-order valence-electron chi connectivity index (χ3n) is 3.64. The van der Waals surface area contributed by atoms with Crippen molar-refractivity contribution in [1.82, 2.24) is 14.8 Å². The first kappa shape index (κ1) is 10.2. The minimum atomic E-state index is 0.177. The Morgan fingerprint density at radius 2 is 2.31 bits per heavy atom. The van der Waals surface area contributed by atoms with Crippen LogP contribution in [0.2, 0.25) is 0 Å². The molecule has 16 heavy (non-hydrogen) atoms. The minimum absolute atomic E-state index is 0.177. The molecule has 2 atom stereocenters. The van der Waals surface area contributed by atoms with Gasteiger partial charge < -0.3 is 15.0 Å². The fourth-order valence-electron chi connectivity index (χ4n) is 2.64. The average Bonchev–Trinajstić information content (AvgIpc) is 2.96. The van der Waals surface area contributed by atoms with Crippen LogP contribution in [0.3, 0.4) is 0 Å². The van der Waals surface area contributed by atoms with Crippen molar-refractivity contribution in [2.45, 2.75) is 38.3 Å². The van der Waals surface area contributed by atoms with E-state index in [9.17, 15) is 0 Å². The summed E-state index contributed by atoms with van der Waals surface area (Å²) in [5.41, 5.74) is 5.71. The van der Waals surface area contributed by atoms with Crippen LogP contribution in [0.15, 0.2) is 0 Å². The predicted molar refractivity (Wildman–Crippen MR) is 58.8 cm³/mol. The Morgan fingerprint density at radius 1 is 1.38 bits per heavy atom. The summed E-state index contributed by atoms with van der Waals surface area (Å²) < 4.78 is 7.91. The molecule has 3 heterocycles. The molecule has 5 nitrogen and oxygen atoms in total. The van der Waals surface area contributed by atoms with E-state index in [0.29, 0.717) is 5.92 Å². The van der Waals surface area contributed by atoms with Gasteiger partial charge in [0.05, 0.1) is 0 Å². The maximum Gasteiger partial charge on any atom is 0.162 e. The lowest BCUT2D eigenvalue weighted by Gasteiger charge is -2.23. The van der Waals surface area contributed by atoms with Gasteiger partial charge in [0.1, 0.15) is 11.9 Å². The molecule has 3 rings (SSSR count). The van der Waals surface area contributed by atoms with E-state index in [2.05, 4.69) is 14.8 Å². The normalized spacial score (nSPS) is 29.3. The Hall–Kier alpha value is -0.940. The molecule has 1 aromatic rings. The number of aromatic nitrogens is 3. The third kappa shape index (κ3) is 1.64. The van der Waals surface area contributed by atoms with E-state index < -0.39 is 0 Å². The summed E-state index contributed by atoms with van der Waals surface area (Å²) in [6.07, 6.45) is 4.50. The van der Waals surface area contributed by atoms with E-state index in [0.717, 1.165) is 57.0 Å². The van der Waals surface area contributed by atoms with Gasteiger partial charge in [-0.05, 0) is 31.7 Å². The zero-order valence-electron chi connectivity index (χ0n) is 9.43. The molecule has 0 aliphatic carbocycles. The Balaban J connectivity index is 1.84. The molecule has 0 bridgehead atoms. The number of rotatable bonds is 2. The van der Waals surface area contributed by atoms with Gasteiger partial charge in [-0.2, -0.15) is 0 Å². The zero-order chi connectivity index (χ0) is 11.0. The molecule has 88 valence electrons. The van der Waals surface area contributed by atoms with Crippen LogP contribution >= 0.6 is 0 Å². The monoisotopic (exact) mass is 222 g/mol. The number of hydrogen-bond donors (Lipinski definition) is 1. The van der Waals surface area contributed by atoms with Crippen LogP contribution < -0.4 is 5.73 Å². The first-order valence-electron chi connectivity index (χ1n) is 6.12. The largest absolute Gasteiger partial charge is 0.370 e. The zero-order valence-corrected chi connectivity index (χ0v) is 9.43.